The number of nitrogens with one attached hydrogen (secondary N) is 1. The molecule has 2 heterocycles. The largest absolute Gasteiger partial charge is 0.493 e. The fourth-order valence-electron chi connectivity index (χ4n) is 4.99. The summed E-state index contributed by atoms with van der Waals surface area (Å²) in [5.41, 5.74) is 3.00. The van der Waals surface area contributed by atoms with E-state index >= 15 is 0 Å². The predicted molar refractivity (Wildman–Crippen MR) is 136 cm³/mol. The zero-order valence-corrected chi connectivity index (χ0v) is 22.0. The molecule has 0 saturated heterocycles. The van der Waals surface area contributed by atoms with E-state index in [9.17, 15) is 9.59 Å². The second-order valence-electron chi connectivity index (χ2n) is 8.58. The van der Waals surface area contributed by atoms with E-state index in [1.54, 1.807) is 31.6 Å². The maximum absolute atomic E-state index is 13.7. The number of thiophene rings is 1. The molecule has 9 heteroatoms. The monoisotopic (exact) mass is 513 g/mol. The van der Waals surface area contributed by atoms with Crippen molar-refractivity contribution in [2.75, 3.05) is 41.7 Å². The van der Waals surface area contributed by atoms with E-state index in [0.29, 0.717) is 52.5 Å². The standard InChI is InChI=1S/C27H31NO7S/c1-15-22(27(30)35-11-10-31-2)23(17-8-9-20(32-3)26(34-5)25(17)33-4)24-18(28-15)13-16(14-19(24)29)21-7-6-12-36-21/h6-9,12,16,23,28H,10-11,13-14H2,1-5H3/t16-,23-/m0/s1. The molecule has 2 aliphatic rings. The van der Waals surface area contributed by atoms with Crippen LogP contribution >= 0.6 is 11.3 Å². The first kappa shape index (κ1) is 25.8. The molecular weight excluding hydrogens is 482 g/mol. The van der Waals surface area contributed by atoms with Gasteiger partial charge in [0, 0.05) is 46.9 Å². The fraction of sp³-hybridized carbons (Fsp3) is 0.407. The quantitative estimate of drug-likeness (QED) is 0.391. The zero-order chi connectivity index (χ0) is 25.8. The SMILES string of the molecule is COCCOC(=O)C1=C(C)NC2=C(C(=O)C[C@@H](c3cccs3)C2)[C@H]1c1ccc(OC)c(OC)c1OC. The second-order valence-corrected chi connectivity index (χ2v) is 9.56. The van der Waals surface area contributed by atoms with Crippen LogP contribution in [0.15, 0.2) is 52.2 Å². The van der Waals surface area contributed by atoms with Crippen molar-refractivity contribution < 1.29 is 33.3 Å². The highest BCUT2D eigenvalue weighted by molar-refractivity contribution is 7.10. The normalized spacial score (nSPS) is 19.5. The van der Waals surface area contributed by atoms with E-state index in [1.807, 2.05) is 24.4 Å². The Morgan fingerprint density at radius 1 is 1.03 bits per heavy atom. The van der Waals surface area contributed by atoms with Crippen molar-refractivity contribution in [1.82, 2.24) is 5.32 Å². The number of ketones is 1. The Morgan fingerprint density at radius 3 is 2.44 bits per heavy atom. The number of methoxy groups -OCH3 is 4. The molecule has 0 saturated carbocycles. The number of allylic oxidation sites excluding steroid dienone is 3. The molecule has 1 N–H and O–H groups in total. The third-order valence-corrected chi connectivity index (χ3v) is 7.59. The van der Waals surface area contributed by atoms with Gasteiger partial charge in [-0.15, -0.1) is 11.3 Å². The molecule has 0 bridgehead atoms. The van der Waals surface area contributed by atoms with Gasteiger partial charge in [-0.2, -0.15) is 0 Å². The molecule has 4 rings (SSSR count). The van der Waals surface area contributed by atoms with Gasteiger partial charge in [0.15, 0.2) is 17.3 Å². The predicted octanol–water partition coefficient (Wildman–Crippen LogP) is 4.33. The minimum atomic E-state index is -0.692. The first-order chi connectivity index (χ1) is 17.4. The zero-order valence-electron chi connectivity index (χ0n) is 21.1. The summed E-state index contributed by atoms with van der Waals surface area (Å²) in [5, 5.41) is 5.39. The lowest BCUT2D eigenvalue weighted by atomic mass is 9.72. The van der Waals surface area contributed by atoms with Crippen molar-refractivity contribution in [2.45, 2.75) is 31.6 Å². The number of carbonyl (C=O) groups is 2. The number of carbonyl (C=O) groups excluding carboxylic acids is 2. The molecular formula is C27H31NO7S. The molecule has 1 aliphatic carbocycles. The number of Topliss-reactive ketones (excluding diaryl/α,β-unsaturated/α-hetero) is 1. The van der Waals surface area contributed by atoms with Gasteiger partial charge in [-0.3, -0.25) is 4.79 Å². The highest BCUT2D eigenvalue weighted by atomic mass is 32.1. The topological polar surface area (TPSA) is 92.3 Å². The first-order valence-electron chi connectivity index (χ1n) is 11.7. The van der Waals surface area contributed by atoms with Crippen LogP contribution in [0.5, 0.6) is 17.2 Å². The smallest absolute Gasteiger partial charge is 0.336 e. The number of hydrogen-bond donors (Lipinski definition) is 1. The molecule has 0 fully saturated rings. The highest BCUT2D eigenvalue weighted by Gasteiger charge is 2.43. The summed E-state index contributed by atoms with van der Waals surface area (Å²) < 4.78 is 27.4. The molecule has 1 aromatic heterocycles. The van der Waals surface area contributed by atoms with Crippen LogP contribution in [0.1, 0.15) is 42.0 Å². The Kier molecular flexibility index (Phi) is 8.01. The lowest BCUT2D eigenvalue weighted by Crippen LogP contribution is -2.36. The Bertz CT molecular complexity index is 1200. The average molecular weight is 514 g/mol. The van der Waals surface area contributed by atoms with Crippen molar-refractivity contribution in [2.24, 2.45) is 0 Å². The second kappa shape index (κ2) is 11.2. The first-order valence-corrected chi connectivity index (χ1v) is 12.5. The molecule has 36 heavy (non-hydrogen) atoms. The number of ether oxygens (including phenoxy) is 5. The third-order valence-electron chi connectivity index (χ3n) is 6.56. The molecule has 8 nitrogen and oxygen atoms in total. The van der Waals surface area contributed by atoms with Crippen LogP contribution in [0.25, 0.3) is 0 Å². The van der Waals surface area contributed by atoms with Crippen LogP contribution in [0, 0.1) is 0 Å². The number of esters is 1. The molecule has 0 amide bonds. The molecule has 0 radical (unpaired) electrons. The van der Waals surface area contributed by atoms with Crippen molar-refractivity contribution in [3.63, 3.8) is 0 Å². The Hall–Kier alpha value is -3.30. The summed E-state index contributed by atoms with van der Waals surface area (Å²) in [6.45, 7) is 2.20. The van der Waals surface area contributed by atoms with Gasteiger partial charge in [0.05, 0.1) is 39.4 Å². The maximum Gasteiger partial charge on any atom is 0.336 e. The Morgan fingerprint density at radius 2 is 1.81 bits per heavy atom. The van der Waals surface area contributed by atoms with Gasteiger partial charge in [-0.1, -0.05) is 12.1 Å². The van der Waals surface area contributed by atoms with E-state index in [-0.39, 0.29) is 24.9 Å². The minimum Gasteiger partial charge on any atom is -0.493 e. The van der Waals surface area contributed by atoms with E-state index < -0.39 is 11.9 Å². The Balaban J connectivity index is 1.87. The maximum atomic E-state index is 13.7. The van der Waals surface area contributed by atoms with E-state index in [0.717, 1.165) is 5.70 Å². The van der Waals surface area contributed by atoms with Crippen molar-refractivity contribution in [1.29, 1.82) is 0 Å². The molecule has 1 aliphatic heterocycles. The number of benzene rings is 1. The molecule has 0 unspecified atom stereocenters. The lowest BCUT2D eigenvalue weighted by Gasteiger charge is -2.37. The van der Waals surface area contributed by atoms with Crippen LogP contribution in [0.4, 0.5) is 0 Å². The van der Waals surface area contributed by atoms with E-state index in [1.165, 1.54) is 19.1 Å². The highest BCUT2D eigenvalue weighted by Crippen LogP contribution is 2.51. The van der Waals surface area contributed by atoms with Crippen molar-refractivity contribution in [3.8, 4) is 17.2 Å². The van der Waals surface area contributed by atoms with Gasteiger partial charge in [0.25, 0.3) is 0 Å². The van der Waals surface area contributed by atoms with E-state index in [2.05, 4.69) is 11.4 Å². The fourth-order valence-corrected chi connectivity index (χ4v) is 5.82. The summed E-state index contributed by atoms with van der Waals surface area (Å²) in [5.74, 6) is 0.139. The van der Waals surface area contributed by atoms with Crippen LogP contribution in [0.2, 0.25) is 0 Å². The van der Waals surface area contributed by atoms with E-state index in [4.69, 9.17) is 23.7 Å². The van der Waals surface area contributed by atoms with Gasteiger partial charge < -0.3 is 29.0 Å². The van der Waals surface area contributed by atoms with Gasteiger partial charge in [0.2, 0.25) is 5.75 Å². The lowest BCUT2D eigenvalue weighted by molar-refractivity contribution is -0.140. The summed E-state index contributed by atoms with van der Waals surface area (Å²) in [6, 6.07) is 7.63. The number of dihydropyridines is 1. The van der Waals surface area contributed by atoms with Gasteiger partial charge in [-0.25, -0.2) is 4.79 Å². The summed E-state index contributed by atoms with van der Waals surface area (Å²) >= 11 is 1.65. The van der Waals surface area contributed by atoms with Crippen LogP contribution in [0.3, 0.4) is 0 Å². The molecule has 2 atom stereocenters. The summed E-state index contributed by atoms with van der Waals surface area (Å²) in [6.07, 6.45) is 1.02. The van der Waals surface area contributed by atoms with Gasteiger partial charge in [0.1, 0.15) is 6.61 Å². The van der Waals surface area contributed by atoms with Crippen LogP contribution in [-0.4, -0.2) is 53.4 Å². The Labute approximate surface area is 214 Å². The third kappa shape index (κ3) is 4.73. The molecule has 0 spiro atoms. The number of rotatable bonds is 9. The van der Waals surface area contributed by atoms with Gasteiger partial charge >= 0.3 is 5.97 Å². The number of hydrogen-bond acceptors (Lipinski definition) is 9. The van der Waals surface area contributed by atoms with Gasteiger partial charge in [-0.05, 0) is 30.9 Å². The van der Waals surface area contributed by atoms with Crippen molar-refractivity contribution >= 4 is 23.1 Å². The van der Waals surface area contributed by atoms with Crippen LogP contribution < -0.4 is 19.5 Å². The summed E-state index contributed by atoms with van der Waals surface area (Å²) in [4.78, 5) is 28.3. The van der Waals surface area contributed by atoms with Crippen LogP contribution in [-0.2, 0) is 19.1 Å². The summed E-state index contributed by atoms with van der Waals surface area (Å²) in [7, 11) is 6.13. The molecule has 2 aromatic rings. The molecule has 1 aromatic carbocycles. The average Bonchev–Trinajstić information content (AvgIpc) is 3.42. The van der Waals surface area contributed by atoms with Crippen molar-refractivity contribution in [3.05, 3.63) is 62.6 Å². The molecule has 192 valence electrons. The minimum absolute atomic E-state index is 0.0151.